The molecule has 0 aromatic heterocycles. The van der Waals surface area contributed by atoms with Gasteiger partial charge in [-0.15, -0.1) is 0 Å². The van der Waals surface area contributed by atoms with Crippen molar-refractivity contribution >= 4 is 27.9 Å². The van der Waals surface area contributed by atoms with Gasteiger partial charge in [-0.3, -0.25) is 10.1 Å². The van der Waals surface area contributed by atoms with Gasteiger partial charge in [0.25, 0.3) is 5.91 Å². The molecule has 0 radical (unpaired) electrons. The Kier molecular flexibility index (Phi) is 2.16. The van der Waals surface area contributed by atoms with E-state index in [2.05, 4.69) is 26.6 Å². The van der Waals surface area contributed by atoms with Crippen molar-refractivity contribution in [3.63, 3.8) is 0 Å². The summed E-state index contributed by atoms with van der Waals surface area (Å²) in [5, 5.41) is 5.14. The molecule has 0 bridgehead atoms. The molecule has 1 saturated heterocycles. The molecule has 3 amide bonds. The van der Waals surface area contributed by atoms with Crippen molar-refractivity contribution in [2.45, 2.75) is 5.54 Å². The summed E-state index contributed by atoms with van der Waals surface area (Å²) in [6.45, 7) is 0. The van der Waals surface area contributed by atoms with Crippen LogP contribution < -0.4 is 10.6 Å². The number of urea groups is 1. The quantitative estimate of drug-likeness (QED) is 0.730. The summed E-state index contributed by atoms with van der Waals surface area (Å²) < 4.78 is 0.910. The van der Waals surface area contributed by atoms with Crippen molar-refractivity contribution in [1.82, 2.24) is 10.6 Å². The second-order valence-corrected chi connectivity index (χ2v) is 5.72. The van der Waals surface area contributed by atoms with Gasteiger partial charge in [0.2, 0.25) is 0 Å². The molecule has 2 aromatic rings. The third-order valence-electron chi connectivity index (χ3n) is 3.89. The van der Waals surface area contributed by atoms with Gasteiger partial charge in [0.05, 0.1) is 0 Å². The van der Waals surface area contributed by atoms with Crippen LogP contribution in [-0.4, -0.2) is 11.9 Å². The number of nitrogens with one attached hydrogen (secondary N) is 2. The van der Waals surface area contributed by atoms with Crippen LogP contribution in [0.15, 0.2) is 46.9 Å². The topological polar surface area (TPSA) is 58.2 Å². The fraction of sp³-hybridized carbons (Fsp3) is 0.0667. The minimum Gasteiger partial charge on any atom is -0.316 e. The van der Waals surface area contributed by atoms with E-state index in [0.29, 0.717) is 0 Å². The van der Waals surface area contributed by atoms with E-state index in [4.69, 9.17) is 0 Å². The Morgan fingerprint density at radius 1 is 0.950 bits per heavy atom. The van der Waals surface area contributed by atoms with Crippen LogP contribution in [0.5, 0.6) is 0 Å². The van der Waals surface area contributed by atoms with Crippen molar-refractivity contribution in [3.05, 3.63) is 58.1 Å². The molecule has 0 saturated carbocycles. The van der Waals surface area contributed by atoms with E-state index in [0.717, 1.165) is 26.7 Å². The number of carbonyl (C=O) groups excluding carboxylic acids is 2. The molecule has 1 unspecified atom stereocenters. The molecule has 4 rings (SSSR count). The molecule has 98 valence electrons. The highest BCUT2D eigenvalue weighted by Gasteiger charge is 2.54. The van der Waals surface area contributed by atoms with Crippen LogP contribution in [0.2, 0.25) is 0 Å². The van der Waals surface area contributed by atoms with E-state index in [1.165, 1.54) is 0 Å². The highest BCUT2D eigenvalue weighted by atomic mass is 79.9. The van der Waals surface area contributed by atoms with Gasteiger partial charge in [0.15, 0.2) is 5.54 Å². The highest BCUT2D eigenvalue weighted by molar-refractivity contribution is 9.10. The molecule has 1 atom stereocenters. The van der Waals surface area contributed by atoms with Crippen LogP contribution in [0, 0.1) is 0 Å². The second-order valence-electron chi connectivity index (χ2n) is 4.87. The molecule has 5 heteroatoms. The van der Waals surface area contributed by atoms with Crippen molar-refractivity contribution in [2.75, 3.05) is 0 Å². The molecule has 1 heterocycles. The maximum atomic E-state index is 12.4. The lowest BCUT2D eigenvalue weighted by Crippen LogP contribution is -2.43. The molecule has 2 aliphatic rings. The van der Waals surface area contributed by atoms with Crippen LogP contribution in [0.4, 0.5) is 4.79 Å². The number of hydrogen-bond donors (Lipinski definition) is 2. The van der Waals surface area contributed by atoms with E-state index < -0.39 is 11.6 Å². The average molecular weight is 329 g/mol. The number of halogens is 1. The summed E-state index contributed by atoms with van der Waals surface area (Å²) in [6, 6.07) is 12.9. The zero-order chi connectivity index (χ0) is 13.9. The minimum absolute atomic E-state index is 0.327. The van der Waals surface area contributed by atoms with Gasteiger partial charge in [-0.1, -0.05) is 52.3 Å². The maximum Gasteiger partial charge on any atom is 0.322 e. The predicted molar refractivity (Wildman–Crippen MR) is 77.0 cm³/mol. The van der Waals surface area contributed by atoms with Gasteiger partial charge in [0.1, 0.15) is 0 Å². The molecule has 1 aliphatic carbocycles. The number of imide groups is 1. The van der Waals surface area contributed by atoms with Crippen LogP contribution in [0.1, 0.15) is 11.1 Å². The molecule has 2 N–H and O–H groups in total. The van der Waals surface area contributed by atoms with E-state index in [1.807, 2.05) is 42.5 Å². The lowest BCUT2D eigenvalue weighted by molar-refractivity contribution is -0.122. The fourth-order valence-electron chi connectivity index (χ4n) is 3.12. The predicted octanol–water partition coefficient (Wildman–Crippen LogP) is 2.51. The van der Waals surface area contributed by atoms with Crippen molar-refractivity contribution in [1.29, 1.82) is 0 Å². The largest absolute Gasteiger partial charge is 0.322 e. The summed E-state index contributed by atoms with van der Waals surface area (Å²) >= 11 is 3.54. The first kappa shape index (κ1) is 11.7. The summed E-state index contributed by atoms with van der Waals surface area (Å²) in [4.78, 5) is 24.1. The maximum absolute atomic E-state index is 12.4. The van der Waals surface area contributed by atoms with E-state index >= 15 is 0 Å². The first-order valence-corrected chi connectivity index (χ1v) is 6.96. The minimum atomic E-state index is -1.10. The number of carbonyl (C=O) groups is 2. The zero-order valence-corrected chi connectivity index (χ0v) is 11.8. The Labute approximate surface area is 123 Å². The molecule has 20 heavy (non-hydrogen) atoms. The summed E-state index contributed by atoms with van der Waals surface area (Å²) in [5.41, 5.74) is 2.43. The molecule has 1 fully saturated rings. The Balaban J connectivity index is 2.15. The second kappa shape index (κ2) is 3.70. The molecular formula is C15H9BrN2O2. The van der Waals surface area contributed by atoms with Gasteiger partial charge >= 0.3 is 6.03 Å². The standard InChI is InChI=1S/C15H9BrN2O2/c16-11-7-3-6-10-12(11)8-4-1-2-5-9(8)15(10)13(19)17-14(20)18-15/h1-7H,(H2,17,18,19,20). The van der Waals surface area contributed by atoms with Gasteiger partial charge in [-0.2, -0.15) is 0 Å². The fourth-order valence-corrected chi connectivity index (χ4v) is 3.70. The summed E-state index contributed by atoms with van der Waals surface area (Å²) in [7, 11) is 0. The number of fused-ring (bicyclic) bond motifs is 5. The Morgan fingerprint density at radius 3 is 2.45 bits per heavy atom. The summed E-state index contributed by atoms with van der Waals surface area (Å²) in [5.74, 6) is -0.327. The van der Waals surface area contributed by atoms with Crippen LogP contribution in [0.25, 0.3) is 11.1 Å². The monoisotopic (exact) mass is 328 g/mol. The Hall–Kier alpha value is -2.14. The van der Waals surface area contributed by atoms with Crippen molar-refractivity contribution < 1.29 is 9.59 Å². The smallest absolute Gasteiger partial charge is 0.316 e. The normalized spacial score (nSPS) is 22.4. The Morgan fingerprint density at radius 2 is 1.70 bits per heavy atom. The van der Waals surface area contributed by atoms with E-state index in [1.54, 1.807) is 0 Å². The molecule has 1 spiro atoms. The lowest BCUT2D eigenvalue weighted by atomic mass is 9.88. The van der Waals surface area contributed by atoms with Crippen molar-refractivity contribution in [2.24, 2.45) is 0 Å². The number of amides is 3. The average Bonchev–Trinajstić information content (AvgIpc) is 2.89. The number of rotatable bonds is 0. The lowest BCUT2D eigenvalue weighted by Gasteiger charge is -2.23. The number of benzene rings is 2. The van der Waals surface area contributed by atoms with Gasteiger partial charge in [-0.25, -0.2) is 4.79 Å². The van der Waals surface area contributed by atoms with E-state index in [9.17, 15) is 9.59 Å². The molecular weight excluding hydrogens is 320 g/mol. The first-order chi connectivity index (χ1) is 9.64. The third kappa shape index (κ3) is 1.21. The Bertz CT molecular complexity index is 787. The molecule has 2 aromatic carbocycles. The van der Waals surface area contributed by atoms with Crippen molar-refractivity contribution in [3.8, 4) is 11.1 Å². The first-order valence-electron chi connectivity index (χ1n) is 6.17. The molecule has 1 aliphatic heterocycles. The van der Waals surface area contributed by atoms with Gasteiger partial charge in [0, 0.05) is 15.6 Å². The van der Waals surface area contributed by atoms with Gasteiger partial charge in [-0.05, 0) is 17.2 Å². The van der Waals surface area contributed by atoms with Crippen LogP contribution in [0.3, 0.4) is 0 Å². The van der Waals surface area contributed by atoms with Gasteiger partial charge < -0.3 is 5.32 Å². The zero-order valence-electron chi connectivity index (χ0n) is 10.2. The SMILES string of the molecule is O=C1NC(=O)C2(N1)c1ccccc1-c1c(Br)cccc12. The third-order valence-corrected chi connectivity index (χ3v) is 4.55. The van der Waals surface area contributed by atoms with Crippen LogP contribution >= 0.6 is 15.9 Å². The van der Waals surface area contributed by atoms with E-state index in [-0.39, 0.29) is 5.91 Å². The highest BCUT2D eigenvalue weighted by Crippen LogP contribution is 2.51. The molecule has 4 nitrogen and oxygen atoms in total. The number of hydrogen-bond acceptors (Lipinski definition) is 2. The summed E-state index contributed by atoms with van der Waals surface area (Å²) in [6.07, 6.45) is 0. The van der Waals surface area contributed by atoms with Crippen LogP contribution in [-0.2, 0) is 10.3 Å².